The van der Waals surface area contributed by atoms with E-state index in [1.54, 1.807) is 0 Å². The summed E-state index contributed by atoms with van der Waals surface area (Å²) in [6.45, 7) is 5.80. The number of benzene rings is 1. The van der Waals surface area contributed by atoms with Crippen LogP contribution in [0.15, 0.2) is 24.3 Å². The SMILES string of the molecule is CC(C)CC(CNC1CC1)Cc1nc2ccccc2s1. The summed E-state index contributed by atoms with van der Waals surface area (Å²) in [5.74, 6) is 1.48. The van der Waals surface area contributed by atoms with Crippen LogP contribution in [0.5, 0.6) is 0 Å². The molecule has 1 aliphatic rings. The Bertz CT molecular complexity index is 524. The zero-order valence-electron chi connectivity index (χ0n) is 12.4. The quantitative estimate of drug-likeness (QED) is 0.823. The Balaban J connectivity index is 1.66. The van der Waals surface area contributed by atoms with Crippen molar-refractivity contribution in [3.8, 4) is 0 Å². The van der Waals surface area contributed by atoms with Gasteiger partial charge in [0.1, 0.15) is 0 Å². The molecule has 1 fully saturated rings. The zero-order valence-corrected chi connectivity index (χ0v) is 13.2. The first-order chi connectivity index (χ1) is 9.70. The molecule has 1 heterocycles. The molecule has 0 spiro atoms. The van der Waals surface area contributed by atoms with Crippen molar-refractivity contribution in [2.45, 2.75) is 45.6 Å². The smallest absolute Gasteiger partial charge is 0.0941 e. The molecule has 0 amide bonds. The van der Waals surface area contributed by atoms with Gasteiger partial charge in [0, 0.05) is 12.5 Å². The average molecular weight is 288 g/mol. The number of aromatic nitrogens is 1. The predicted octanol–water partition coefficient (Wildman–Crippen LogP) is 4.25. The van der Waals surface area contributed by atoms with Gasteiger partial charge < -0.3 is 5.32 Å². The molecule has 1 atom stereocenters. The highest BCUT2D eigenvalue weighted by Crippen LogP contribution is 2.26. The van der Waals surface area contributed by atoms with Crippen LogP contribution >= 0.6 is 11.3 Å². The van der Waals surface area contributed by atoms with E-state index in [1.165, 1.54) is 29.0 Å². The van der Waals surface area contributed by atoms with E-state index in [0.29, 0.717) is 0 Å². The lowest BCUT2D eigenvalue weighted by Crippen LogP contribution is -2.27. The van der Waals surface area contributed by atoms with Gasteiger partial charge in [0.15, 0.2) is 0 Å². The Morgan fingerprint density at radius 3 is 2.80 bits per heavy atom. The average Bonchev–Trinajstić information content (AvgIpc) is 3.14. The summed E-state index contributed by atoms with van der Waals surface area (Å²) >= 11 is 1.86. The second-order valence-corrected chi connectivity index (χ2v) is 7.57. The molecular weight excluding hydrogens is 264 g/mol. The minimum atomic E-state index is 0.719. The van der Waals surface area contributed by atoms with E-state index in [1.807, 2.05) is 11.3 Å². The number of nitrogens with zero attached hydrogens (tertiary/aromatic N) is 1. The molecule has 2 aromatic rings. The molecule has 20 heavy (non-hydrogen) atoms. The van der Waals surface area contributed by atoms with Crippen molar-refractivity contribution in [1.29, 1.82) is 0 Å². The molecule has 0 aliphatic heterocycles. The Morgan fingerprint density at radius 2 is 2.10 bits per heavy atom. The second-order valence-electron chi connectivity index (χ2n) is 6.46. The van der Waals surface area contributed by atoms with Gasteiger partial charge in [-0.15, -0.1) is 11.3 Å². The fourth-order valence-corrected chi connectivity index (χ4v) is 3.86. The van der Waals surface area contributed by atoms with Crippen LogP contribution in [0.4, 0.5) is 0 Å². The molecule has 108 valence electrons. The van der Waals surface area contributed by atoms with Crippen molar-refractivity contribution in [1.82, 2.24) is 10.3 Å². The minimum absolute atomic E-state index is 0.719. The van der Waals surface area contributed by atoms with Crippen LogP contribution in [0.2, 0.25) is 0 Å². The molecule has 1 saturated carbocycles. The first-order valence-electron chi connectivity index (χ1n) is 7.78. The molecule has 0 radical (unpaired) electrons. The normalized spacial score (nSPS) is 16.9. The van der Waals surface area contributed by atoms with Crippen LogP contribution in [-0.4, -0.2) is 17.6 Å². The highest BCUT2D eigenvalue weighted by molar-refractivity contribution is 7.18. The van der Waals surface area contributed by atoms with Crippen LogP contribution < -0.4 is 5.32 Å². The van der Waals surface area contributed by atoms with Gasteiger partial charge in [-0.3, -0.25) is 0 Å². The van der Waals surface area contributed by atoms with Gasteiger partial charge in [-0.2, -0.15) is 0 Å². The van der Waals surface area contributed by atoms with Crippen molar-refractivity contribution < 1.29 is 0 Å². The summed E-state index contributed by atoms with van der Waals surface area (Å²) in [6, 6.07) is 9.28. The number of thiazole rings is 1. The predicted molar refractivity (Wildman–Crippen MR) is 87.3 cm³/mol. The van der Waals surface area contributed by atoms with Gasteiger partial charge in [0.2, 0.25) is 0 Å². The van der Waals surface area contributed by atoms with Crippen LogP contribution in [0.1, 0.15) is 38.1 Å². The van der Waals surface area contributed by atoms with E-state index in [2.05, 4.69) is 43.4 Å². The van der Waals surface area contributed by atoms with Crippen LogP contribution in [0.3, 0.4) is 0 Å². The highest BCUT2D eigenvalue weighted by Gasteiger charge is 2.22. The molecule has 3 heteroatoms. The van der Waals surface area contributed by atoms with E-state index < -0.39 is 0 Å². The fraction of sp³-hybridized carbons (Fsp3) is 0.588. The van der Waals surface area contributed by atoms with Gasteiger partial charge in [0.25, 0.3) is 0 Å². The largest absolute Gasteiger partial charge is 0.314 e. The van der Waals surface area contributed by atoms with E-state index >= 15 is 0 Å². The maximum absolute atomic E-state index is 4.79. The summed E-state index contributed by atoms with van der Waals surface area (Å²) in [7, 11) is 0. The summed E-state index contributed by atoms with van der Waals surface area (Å²) in [6.07, 6.45) is 5.15. The van der Waals surface area contributed by atoms with Crippen LogP contribution in [-0.2, 0) is 6.42 Å². The monoisotopic (exact) mass is 288 g/mol. The maximum Gasteiger partial charge on any atom is 0.0941 e. The number of hydrogen-bond acceptors (Lipinski definition) is 3. The molecule has 3 rings (SSSR count). The molecule has 0 saturated heterocycles. The third-order valence-electron chi connectivity index (χ3n) is 3.88. The second kappa shape index (κ2) is 6.23. The number of hydrogen-bond donors (Lipinski definition) is 1. The lowest BCUT2D eigenvalue weighted by Gasteiger charge is -2.18. The molecular formula is C17H24N2S. The summed E-state index contributed by atoms with van der Waals surface area (Å²) in [5.41, 5.74) is 1.16. The van der Waals surface area contributed by atoms with Crippen LogP contribution in [0, 0.1) is 11.8 Å². The molecule has 1 unspecified atom stereocenters. The van der Waals surface area contributed by atoms with Crippen LogP contribution in [0.25, 0.3) is 10.2 Å². The zero-order chi connectivity index (χ0) is 13.9. The van der Waals surface area contributed by atoms with Crippen molar-refractivity contribution in [3.63, 3.8) is 0 Å². The fourth-order valence-electron chi connectivity index (χ4n) is 2.78. The Kier molecular flexibility index (Phi) is 4.37. The Labute approximate surface area is 125 Å². The maximum atomic E-state index is 4.79. The molecule has 1 aromatic carbocycles. The van der Waals surface area contributed by atoms with Crippen molar-refractivity contribution in [2.24, 2.45) is 11.8 Å². The topological polar surface area (TPSA) is 24.9 Å². The van der Waals surface area contributed by atoms with Crippen molar-refractivity contribution >= 4 is 21.6 Å². The number of para-hydroxylation sites is 1. The summed E-state index contributed by atoms with van der Waals surface area (Å²) in [5, 5.41) is 4.99. The first-order valence-corrected chi connectivity index (χ1v) is 8.60. The van der Waals surface area contributed by atoms with Gasteiger partial charge in [-0.05, 0) is 49.8 Å². The Hall–Kier alpha value is -0.930. The molecule has 0 bridgehead atoms. The first kappa shape index (κ1) is 14.0. The third-order valence-corrected chi connectivity index (χ3v) is 4.94. The van der Waals surface area contributed by atoms with E-state index in [0.717, 1.165) is 36.4 Å². The van der Waals surface area contributed by atoms with Gasteiger partial charge in [0.05, 0.1) is 15.2 Å². The van der Waals surface area contributed by atoms with Crippen molar-refractivity contribution in [3.05, 3.63) is 29.3 Å². The standard InChI is InChI=1S/C17H24N2S/c1-12(2)9-13(11-18-14-7-8-14)10-17-19-15-5-3-4-6-16(15)20-17/h3-6,12-14,18H,7-11H2,1-2H3. The van der Waals surface area contributed by atoms with Gasteiger partial charge in [-0.1, -0.05) is 26.0 Å². The number of rotatable bonds is 7. The van der Waals surface area contributed by atoms with Gasteiger partial charge in [-0.25, -0.2) is 4.98 Å². The highest BCUT2D eigenvalue weighted by atomic mass is 32.1. The van der Waals surface area contributed by atoms with E-state index in [4.69, 9.17) is 4.98 Å². The molecule has 1 aliphatic carbocycles. The Morgan fingerprint density at radius 1 is 1.30 bits per heavy atom. The lowest BCUT2D eigenvalue weighted by atomic mass is 9.94. The molecule has 1 aromatic heterocycles. The van der Waals surface area contributed by atoms with Crippen molar-refractivity contribution in [2.75, 3.05) is 6.54 Å². The number of fused-ring (bicyclic) bond motifs is 1. The summed E-state index contributed by atoms with van der Waals surface area (Å²) < 4.78 is 1.32. The summed E-state index contributed by atoms with van der Waals surface area (Å²) in [4.78, 5) is 4.79. The van der Waals surface area contributed by atoms with E-state index in [9.17, 15) is 0 Å². The molecule has 2 nitrogen and oxygen atoms in total. The third kappa shape index (κ3) is 3.80. The lowest BCUT2D eigenvalue weighted by molar-refractivity contribution is 0.384. The minimum Gasteiger partial charge on any atom is -0.314 e. The van der Waals surface area contributed by atoms with Gasteiger partial charge >= 0.3 is 0 Å². The molecule has 1 N–H and O–H groups in total. The number of nitrogens with one attached hydrogen (secondary N) is 1. The van der Waals surface area contributed by atoms with E-state index in [-0.39, 0.29) is 0 Å².